The van der Waals surface area contributed by atoms with Crippen molar-refractivity contribution in [3.63, 3.8) is 0 Å². The van der Waals surface area contributed by atoms with Crippen LogP contribution in [-0.2, 0) is 19.1 Å². The van der Waals surface area contributed by atoms with E-state index in [4.69, 9.17) is 16.3 Å². The van der Waals surface area contributed by atoms with Gasteiger partial charge >= 0.3 is 5.97 Å². The van der Waals surface area contributed by atoms with E-state index in [0.717, 1.165) is 0 Å². The summed E-state index contributed by atoms with van der Waals surface area (Å²) < 4.78 is 5.01. The molecule has 0 spiro atoms. The van der Waals surface area contributed by atoms with E-state index < -0.39 is 29.3 Å². The van der Waals surface area contributed by atoms with Gasteiger partial charge in [0.1, 0.15) is 0 Å². The van der Waals surface area contributed by atoms with Crippen LogP contribution in [-0.4, -0.2) is 35.9 Å². The highest BCUT2D eigenvalue weighted by atomic mass is 35.5. The Kier molecular flexibility index (Phi) is 6.08. The van der Waals surface area contributed by atoms with E-state index in [0.29, 0.717) is 16.4 Å². The number of hydrogen-bond acceptors (Lipinski definition) is 6. The molecule has 0 saturated carbocycles. The molecular formula is C19H16ClN3O6. The van der Waals surface area contributed by atoms with Crippen LogP contribution in [0.4, 0.5) is 17.1 Å². The lowest BCUT2D eigenvalue weighted by atomic mass is 10.1. The van der Waals surface area contributed by atoms with Crippen molar-refractivity contribution >= 4 is 46.4 Å². The van der Waals surface area contributed by atoms with Gasteiger partial charge in [-0.25, -0.2) is 0 Å². The molecule has 0 aliphatic carbocycles. The number of carbonyl (C=O) groups excluding carboxylic acids is 3. The highest BCUT2D eigenvalue weighted by Crippen LogP contribution is 2.28. The van der Waals surface area contributed by atoms with E-state index in [1.165, 1.54) is 23.1 Å². The molecule has 0 aromatic heterocycles. The van der Waals surface area contributed by atoms with Crippen LogP contribution in [0.2, 0.25) is 5.02 Å². The molecule has 0 bridgehead atoms. The van der Waals surface area contributed by atoms with Crippen molar-refractivity contribution in [2.45, 2.75) is 6.42 Å². The number of para-hydroxylation sites is 1. The van der Waals surface area contributed by atoms with Crippen LogP contribution in [0.15, 0.2) is 48.5 Å². The fourth-order valence-electron chi connectivity index (χ4n) is 2.89. The van der Waals surface area contributed by atoms with Crippen LogP contribution in [0, 0.1) is 16.0 Å². The normalized spacial score (nSPS) is 15.8. The zero-order chi connectivity index (χ0) is 21.0. The number of ether oxygens (including phenoxy) is 1. The molecule has 1 heterocycles. The molecule has 0 radical (unpaired) electrons. The van der Waals surface area contributed by atoms with E-state index in [9.17, 15) is 24.5 Å². The molecule has 9 nitrogen and oxygen atoms in total. The van der Waals surface area contributed by atoms with E-state index in [1.54, 1.807) is 30.3 Å². The van der Waals surface area contributed by atoms with Crippen molar-refractivity contribution in [1.29, 1.82) is 0 Å². The van der Waals surface area contributed by atoms with Gasteiger partial charge in [0.15, 0.2) is 6.61 Å². The van der Waals surface area contributed by atoms with Gasteiger partial charge in [0.25, 0.3) is 11.6 Å². The zero-order valence-corrected chi connectivity index (χ0v) is 15.8. The van der Waals surface area contributed by atoms with Gasteiger partial charge in [-0.1, -0.05) is 29.8 Å². The number of nitrogens with zero attached hydrogens (tertiary/aromatic N) is 2. The molecule has 2 aromatic carbocycles. The van der Waals surface area contributed by atoms with Crippen molar-refractivity contribution < 1.29 is 24.0 Å². The summed E-state index contributed by atoms with van der Waals surface area (Å²) in [5, 5.41) is 13.8. The SMILES string of the molecule is O=C(COC(=O)[C@@H]1CC(=O)N(c2cccc([N+](=O)[O-])c2)C1)Nc1ccccc1Cl. The number of nitro benzene ring substituents is 1. The van der Waals surface area contributed by atoms with Crippen LogP contribution in [0.1, 0.15) is 6.42 Å². The largest absolute Gasteiger partial charge is 0.455 e. The summed E-state index contributed by atoms with van der Waals surface area (Å²) in [5.41, 5.74) is 0.566. The van der Waals surface area contributed by atoms with Gasteiger partial charge in [-0.15, -0.1) is 0 Å². The minimum atomic E-state index is -0.769. The Hall–Kier alpha value is -3.46. The van der Waals surface area contributed by atoms with Gasteiger partial charge in [0.05, 0.1) is 27.2 Å². The van der Waals surface area contributed by atoms with Crippen molar-refractivity contribution in [3.8, 4) is 0 Å². The van der Waals surface area contributed by atoms with Crippen molar-refractivity contribution in [3.05, 3.63) is 63.7 Å². The molecule has 150 valence electrons. The minimum absolute atomic E-state index is 0.0188. The number of anilines is 2. The molecule has 2 aromatic rings. The maximum absolute atomic E-state index is 12.3. The third kappa shape index (κ3) is 4.88. The predicted molar refractivity (Wildman–Crippen MR) is 105 cm³/mol. The van der Waals surface area contributed by atoms with E-state index >= 15 is 0 Å². The molecular weight excluding hydrogens is 402 g/mol. The van der Waals surface area contributed by atoms with Gasteiger partial charge in [-0.05, 0) is 18.2 Å². The first kappa shape index (κ1) is 20.3. The number of benzene rings is 2. The fourth-order valence-corrected chi connectivity index (χ4v) is 3.08. The van der Waals surface area contributed by atoms with Gasteiger partial charge in [-0.3, -0.25) is 24.5 Å². The van der Waals surface area contributed by atoms with E-state index in [1.807, 2.05) is 0 Å². The average molecular weight is 418 g/mol. The molecule has 29 heavy (non-hydrogen) atoms. The van der Waals surface area contributed by atoms with Crippen LogP contribution < -0.4 is 10.2 Å². The number of amides is 2. The van der Waals surface area contributed by atoms with Crippen LogP contribution in [0.25, 0.3) is 0 Å². The van der Waals surface area contributed by atoms with Crippen LogP contribution in [0.3, 0.4) is 0 Å². The molecule has 3 rings (SSSR count). The molecule has 1 fully saturated rings. The highest BCUT2D eigenvalue weighted by Gasteiger charge is 2.36. The Morgan fingerprint density at radius 1 is 1.24 bits per heavy atom. The minimum Gasteiger partial charge on any atom is -0.455 e. The highest BCUT2D eigenvalue weighted by molar-refractivity contribution is 6.33. The molecule has 10 heteroatoms. The summed E-state index contributed by atoms with van der Waals surface area (Å²) in [5.74, 6) is -2.38. The summed E-state index contributed by atoms with van der Waals surface area (Å²) in [6, 6.07) is 12.2. The number of nitro groups is 1. The van der Waals surface area contributed by atoms with Crippen LogP contribution >= 0.6 is 11.6 Å². The second kappa shape index (κ2) is 8.70. The number of hydrogen-bond donors (Lipinski definition) is 1. The topological polar surface area (TPSA) is 119 Å². The lowest BCUT2D eigenvalue weighted by Gasteiger charge is -2.16. The maximum atomic E-state index is 12.3. The monoisotopic (exact) mass is 417 g/mol. The summed E-state index contributed by atoms with van der Waals surface area (Å²) in [6.45, 7) is -0.503. The Bertz CT molecular complexity index is 980. The smallest absolute Gasteiger partial charge is 0.311 e. The molecule has 1 N–H and O–H groups in total. The first-order chi connectivity index (χ1) is 13.8. The average Bonchev–Trinajstić information content (AvgIpc) is 3.10. The Morgan fingerprint density at radius 3 is 2.72 bits per heavy atom. The lowest BCUT2D eigenvalue weighted by Crippen LogP contribution is -2.28. The molecule has 1 aliphatic rings. The summed E-state index contributed by atoms with van der Waals surface area (Å²) >= 11 is 5.95. The van der Waals surface area contributed by atoms with Gasteiger partial charge < -0.3 is 15.0 Å². The third-order valence-corrected chi connectivity index (χ3v) is 4.63. The number of halogens is 1. The van der Waals surface area contributed by atoms with Gasteiger partial charge in [-0.2, -0.15) is 0 Å². The zero-order valence-electron chi connectivity index (χ0n) is 15.0. The molecule has 1 saturated heterocycles. The number of non-ortho nitro benzene ring substituents is 1. The molecule has 0 unspecified atom stereocenters. The third-order valence-electron chi connectivity index (χ3n) is 4.30. The van der Waals surface area contributed by atoms with Crippen molar-refractivity contribution in [2.75, 3.05) is 23.4 Å². The number of nitrogens with one attached hydrogen (secondary N) is 1. The van der Waals surface area contributed by atoms with Gasteiger partial charge in [0, 0.05) is 25.1 Å². The number of carbonyl (C=O) groups is 3. The van der Waals surface area contributed by atoms with Crippen LogP contribution in [0.5, 0.6) is 0 Å². The van der Waals surface area contributed by atoms with Crippen molar-refractivity contribution in [1.82, 2.24) is 0 Å². The van der Waals surface area contributed by atoms with Gasteiger partial charge in [0.2, 0.25) is 5.91 Å². The quantitative estimate of drug-likeness (QED) is 0.438. The first-order valence-corrected chi connectivity index (χ1v) is 8.99. The summed E-state index contributed by atoms with van der Waals surface area (Å²) in [7, 11) is 0. The Balaban J connectivity index is 1.56. The standard InChI is InChI=1S/C19H16ClN3O6/c20-15-6-1-2-7-16(15)21-17(24)11-29-19(26)12-8-18(25)22(10-12)13-4-3-5-14(9-13)23(27)28/h1-7,9,12H,8,10-11H2,(H,21,24)/t12-/m1/s1. The van der Waals surface area contributed by atoms with Crippen molar-refractivity contribution in [2.24, 2.45) is 5.92 Å². The number of rotatable bonds is 6. The van der Waals surface area contributed by atoms with E-state index in [2.05, 4.69) is 5.32 Å². The van der Waals surface area contributed by atoms with E-state index in [-0.39, 0.29) is 24.6 Å². The Labute approximate surface area is 170 Å². The molecule has 1 atom stereocenters. The Morgan fingerprint density at radius 2 is 2.00 bits per heavy atom. The fraction of sp³-hybridized carbons (Fsp3) is 0.211. The predicted octanol–water partition coefficient (Wildman–Crippen LogP) is 2.78. The first-order valence-electron chi connectivity index (χ1n) is 8.61. The maximum Gasteiger partial charge on any atom is 0.311 e. The lowest BCUT2D eigenvalue weighted by molar-refractivity contribution is -0.384. The molecule has 1 aliphatic heterocycles. The second-order valence-electron chi connectivity index (χ2n) is 6.32. The molecule has 2 amide bonds. The number of esters is 1. The second-order valence-corrected chi connectivity index (χ2v) is 6.73. The summed E-state index contributed by atoms with van der Waals surface area (Å²) in [4.78, 5) is 48.1. The summed E-state index contributed by atoms with van der Waals surface area (Å²) in [6.07, 6.45) is -0.104.